The van der Waals surface area contributed by atoms with Crippen LogP contribution < -0.4 is 0 Å². The van der Waals surface area contributed by atoms with Crippen LogP contribution in [0, 0.1) is 11.6 Å². The van der Waals surface area contributed by atoms with Crippen LogP contribution in [0.25, 0.3) is 0 Å². The van der Waals surface area contributed by atoms with E-state index in [1.165, 1.54) is 41.3 Å². The second-order valence-corrected chi connectivity index (χ2v) is 10.3. The second-order valence-electron chi connectivity index (χ2n) is 10.3. The largest absolute Gasteiger partial charge is 0.416 e. The summed E-state index contributed by atoms with van der Waals surface area (Å²) >= 11 is 0. The zero-order valence-corrected chi connectivity index (χ0v) is 23.1. The predicted molar refractivity (Wildman–Crippen MR) is 148 cm³/mol. The van der Waals surface area contributed by atoms with Gasteiger partial charge in [0.1, 0.15) is 18.2 Å². The molecule has 0 bridgehead atoms. The van der Waals surface area contributed by atoms with E-state index in [1.807, 2.05) is 4.90 Å². The Morgan fingerprint density at radius 2 is 1.56 bits per heavy atom. The summed E-state index contributed by atoms with van der Waals surface area (Å²) in [5.74, 6) is -2.41. The first-order chi connectivity index (χ1) is 20.6. The Kier molecular flexibility index (Phi) is 9.16. The summed E-state index contributed by atoms with van der Waals surface area (Å²) in [5.41, 5.74) is -0.331. The standard InChI is InChI=1S/C31H29F5N4O3/c32-25-7-3-1-5-23(25)27-19-28(24-6-2-4-8-26(24)33)40(37-27)29(41)20-39(14-13-38-15-17-43-18-16-38)30(42)21-9-11-22(12-10-21)31(34,35)36/h1-12,28H,13-20H2. The van der Waals surface area contributed by atoms with Crippen molar-refractivity contribution < 1.29 is 36.3 Å². The summed E-state index contributed by atoms with van der Waals surface area (Å²) in [6.45, 7) is 2.26. The molecule has 12 heteroatoms. The van der Waals surface area contributed by atoms with E-state index in [9.17, 15) is 31.5 Å². The number of benzene rings is 3. The highest BCUT2D eigenvalue weighted by atomic mass is 19.4. The Balaban J connectivity index is 1.43. The molecule has 43 heavy (non-hydrogen) atoms. The molecule has 2 heterocycles. The summed E-state index contributed by atoms with van der Waals surface area (Å²) in [6.07, 6.45) is -4.53. The molecular formula is C31H29F5N4O3. The number of nitrogens with zero attached hydrogens (tertiary/aromatic N) is 4. The maximum Gasteiger partial charge on any atom is 0.416 e. The third kappa shape index (κ3) is 7.08. The maximum absolute atomic E-state index is 14.9. The highest BCUT2D eigenvalue weighted by Crippen LogP contribution is 2.35. The van der Waals surface area contributed by atoms with Gasteiger partial charge in [-0.3, -0.25) is 14.5 Å². The highest BCUT2D eigenvalue weighted by molar-refractivity contribution is 6.04. The van der Waals surface area contributed by atoms with Crippen molar-refractivity contribution in [2.45, 2.75) is 18.6 Å². The monoisotopic (exact) mass is 600 g/mol. The predicted octanol–water partition coefficient (Wildman–Crippen LogP) is 5.14. The van der Waals surface area contributed by atoms with Crippen LogP contribution in [-0.2, 0) is 15.7 Å². The molecule has 0 N–H and O–H groups in total. The van der Waals surface area contributed by atoms with Gasteiger partial charge in [-0.15, -0.1) is 0 Å². The fraction of sp³-hybridized carbons (Fsp3) is 0.323. The number of carbonyl (C=O) groups excluding carboxylic acids is 2. The van der Waals surface area contributed by atoms with E-state index in [0.717, 1.165) is 29.3 Å². The van der Waals surface area contributed by atoms with E-state index in [0.29, 0.717) is 32.8 Å². The molecule has 0 saturated carbocycles. The summed E-state index contributed by atoms with van der Waals surface area (Å²) in [7, 11) is 0. The van der Waals surface area contributed by atoms with Crippen LogP contribution >= 0.6 is 0 Å². The number of amides is 2. The van der Waals surface area contributed by atoms with Gasteiger partial charge in [-0.1, -0.05) is 36.4 Å². The van der Waals surface area contributed by atoms with Gasteiger partial charge in [0.25, 0.3) is 11.8 Å². The highest BCUT2D eigenvalue weighted by Gasteiger charge is 2.37. The fourth-order valence-corrected chi connectivity index (χ4v) is 5.15. The Bertz CT molecular complexity index is 1490. The van der Waals surface area contributed by atoms with Crippen LogP contribution in [0.2, 0.25) is 0 Å². The Morgan fingerprint density at radius 1 is 0.907 bits per heavy atom. The van der Waals surface area contributed by atoms with Crippen molar-refractivity contribution in [2.24, 2.45) is 5.10 Å². The van der Waals surface area contributed by atoms with Gasteiger partial charge >= 0.3 is 6.18 Å². The van der Waals surface area contributed by atoms with Crippen LogP contribution in [0.5, 0.6) is 0 Å². The molecule has 2 aliphatic rings. The van der Waals surface area contributed by atoms with Gasteiger partial charge in [0.15, 0.2) is 0 Å². The summed E-state index contributed by atoms with van der Waals surface area (Å²) in [6, 6.07) is 14.7. The van der Waals surface area contributed by atoms with E-state index in [-0.39, 0.29) is 35.4 Å². The van der Waals surface area contributed by atoms with Crippen molar-refractivity contribution in [3.63, 3.8) is 0 Å². The van der Waals surface area contributed by atoms with Crippen molar-refractivity contribution in [1.29, 1.82) is 0 Å². The molecule has 3 aromatic carbocycles. The zero-order valence-electron chi connectivity index (χ0n) is 23.1. The van der Waals surface area contributed by atoms with Crippen molar-refractivity contribution in [3.8, 4) is 0 Å². The first-order valence-corrected chi connectivity index (χ1v) is 13.8. The number of hydrogen-bond donors (Lipinski definition) is 0. The van der Waals surface area contributed by atoms with E-state index < -0.39 is 47.8 Å². The number of alkyl halides is 3. The lowest BCUT2D eigenvalue weighted by Crippen LogP contribution is -2.46. The van der Waals surface area contributed by atoms with Crippen molar-refractivity contribution in [3.05, 3.63) is 107 Å². The molecule has 0 spiro atoms. The third-order valence-corrected chi connectivity index (χ3v) is 7.48. The summed E-state index contributed by atoms with van der Waals surface area (Å²) in [5, 5.41) is 5.47. The normalized spacial score (nSPS) is 17.6. The van der Waals surface area contributed by atoms with Crippen LogP contribution in [0.4, 0.5) is 22.0 Å². The smallest absolute Gasteiger partial charge is 0.379 e. The zero-order chi connectivity index (χ0) is 30.6. The van der Waals surface area contributed by atoms with Gasteiger partial charge in [-0.05, 0) is 36.4 Å². The SMILES string of the molecule is O=C(c1ccc(C(F)(F)F)cc1)N(CCN1CCOCC1)CC(=O)N1N=C(c2ccccc2F)CC1c1ccccc1F. The molecule has 1 saturated heterocycles. The molecule has 0 radical (unpaired) electrons. The molecule has 3 aromatic rings. The lowest BCUT2D eigenvalue weighted by Gasteiger charge is -2.31. The summed E-state index contributed by atoms with van der Waals surface area (Å²) in [4.78, 5) is 30.7. The van der Waals surface area contributed by atoms with Gasteiger partial charge in [0, 0.05) is 49.3 Å². The third-order valence-electron chi connectivity index (χ3n) is 7.48. The molecule has 7 nitrogen and oxygen atoms in total. The van der Waals surface area contributed by atoms with Crippen molar-refractivity contribution in [1.82, 2.24) is 14.8 Å². The molecule has 1 unspecified atom stereocenters. The van der Waals surface area contributed by atoms with Gasteiger partial charge in [-0.2, -0.15) is 18.3 Å². The van der Waals surface area contributed by atoms with Gasteiger partial charge in [0.05, 0.1) is 30.5 Å². The topological polar surface area (TPSA) is 65.5 Å². The van der Waals surface area contributed by atoms with Gasteiger partial charge in [-0.25, -0.2) is 13.8 Å². The van der Waals surface area contributed by atoms with E-state index >= 15 is 0 Å². The van der Waals surface area contributed by atoms with Crippen molar-refractivity contribution >= 4 is 17.5 Å². The quantitative estimate of drug-likeness (QED) is 0.336. The number of halogens is 5. The molecule has 2 aliphatic heterocycles. The fourth-order valence-electron chi connectivity index (χ4n) is 5.15. The van der Waals surface area contributed by atoms with Crippen LogP contribution in [0.15, 0.2) is 77.9 Å². The molecule has 1 fully saturated rings. The minimum absolute atomic E-state index is 0.0228. The average Bonchev–Trinajstić information content (AvgIpc) is 3.44. The average molecular weight is 601 g/mol. The minimum Gasteiger partial charge on any atom is -0.379 e. The lowest BCUT2D eigenvalue weighted by molar-refractivity contribution is -0.137. The Hall–Kier alpha value is -4.16. The lowest BCUT2D eigenvalue weighted by atomic mass is 9.97. The summed E-state index contributed by atoms with van der Waals surface area (Å²) < 4.78 is 74.3. The number of morpholine rings is 1. The van der Waals surface area contributed by atoms with E-state index in [2.05, 4.69) is 5.10 Å². The van der Waals surface area contributed by atoms with Crippen LogP contribution in [0.1, 0.15) is 39.5 Å². The van der Waals surface area contributed by atoms with E-state index in [1.54, 1.807) is 12.1 Å². The second kappa shape index (κ2) is 13.0. The Morgan fingerprint density at radius 3 is 2.21 bits per heavy atom. The maximum atomic E-state index is 14.9. The van der Waals surface area contributed by atoms with Crippen LogP contribution in [0.3, 0.4) is 0 Å². The number of hydrogen-bond acceptors (Lipinski definition) is 5. The van der Waals surface area contributed by atoms with E-state index in [4.69, 9.17) is 4.74 Å². The number of carbonyl (C=O) groups is 2. The number of ether oxygens (including phenoxy) is 1. The first-order valence-electron chi connectivity index (χ1n) is 13.8. The number of hydrazone groups is 1. The molecule has 0 aromatic heterocycles. The molecule has 1 atom stereocenters. The van der Waals surface area contributed by atoms with Gasteiger partial charge < -0.3 is 9.64 Å². The molecule has 2 amide bonds. The molecule has 226 valence electrons. The molecule has 0 aliphatic carbocycles. The Labute approximate surface area is 245 Å². The van der Waals surface area contributed by atoms with Crippen LogP contribution in [-0.4, -0.2) is 78.3 Å². The van der Waals surface area contributed by atoms with Crippen molar-refractivity contribution in [2.75, 3.05) is 45.9 Å². The van der Waals surface area contributed by atoms with Gasteiger partial charge in [0.2, 0.25) is 0 Å². The molecule has 5 rings (SSSR count). The first kappa shape index (κ1) is 30.3. The molecular weight excluding hydrogens is 571 g/mol. The number of rotatable bonds is 8. The minimum atomic E-state index is -4.57.